The van der Waals surface area contributed by atoms with E-state index in [1.54, 1.807) is 18.2 Å². The smallest absolute Gasteiger partial charge is 0.251 e. The molecule has 0 aromatic heterocycles. The summed E-state index contributed by atoms with van der Waals surface area (Å²) >= 11 is 0. The number of hydrogen-bond acceptors (Lipinski definition) is 4. The lowest BCUT2D eigenvalue weighted by Gasteiger charge is -2.24. The second-order valence-electron chi connectivity index (χ2n) is 5.35. The lowest BCUT2D eigenvalue weighted by Crippen LogP contribution is -2.51. The fourth-order valence-electron chi connectivity index (χ4n) is 2.72. The topological polar surface area (TPSA) is 70.7 Å². The Bertz CT molecular complexity index is 575. The SMILES string of the molecule is O=C(N[C@H]1CCN(c2ccccc2F)C1=O)[C@@H]1CNCCO1. The highest BCUT2D eigenvalue weighted by molar-refractivity contribution is 6.01. The van der Waals surface area contributed by atoms with Crippen LogP contribution in [0.25, 0.3) is 0 Å². The molecule has 7 heteroatoms. The predicted molar refractivity (Wildman–Crippen MR) is 77.9 cm³/mol. The first-order chi connectivity index (χ1) is 10.7. The number of rotatable bonds is 3. The first kappa shape index (κ1) is 14.9. The fraction of sp³-hybridized carbons (Fsp3) is 0.467. The first-order valence-electron chi connectivity index (χ1n) is 7.35. The highest BCUT2D eigenvalue weighted by Crippen LogP contribution is 2.24. The Balaban J connectivity index is 1.64. The van der Waals surface area contributed by atoms with Gasteiger partial charge in [-0.15, -0.1) is 0 Å². The summed E-state index contributed by atoms with van der Waals surface area (Å²) in [7, 11) is 0. The summed E-state index contributed by atoms with van der Waals surface area (Å²) in [5, 5.41) is 5.76. The van der Waals surface area contributed by atoms with Gasteiger partial charge in [0, 0.05) is 19.6 Å². The average Bonchev–Trinajstić information content (AvgIpc) is 2.90. The Labute approximate surface area is 127 Å². The van der Waals surface area contributed by atoms with Gasteiger partial charge in [-0.1, -0.05) is 12.1 Å². The quantitative estimate of drug-likeness (QED) is 0.827. The van der Waals surface area contributed by atoms with Gasteiger partial charge in [-0.3, -0.25) is 9.59 Å². The van der Waals surface area contributed by atoms with Crippen LogP contribution in [0.2, 0.25) is 0 Å². The second kappa shape index (κ2) is 6.41. The molecule has 1 aromatic rings. The number of hydrogen-bond donors (Lipinski definition) is 2. The molecule has 2 N–H and O–H groups in total. The van der Waals surface area contributed by atoms with Crippen LogP contribution in [0.3, 0.4) is 0 Å². The molecule has 0 saturated carbocycles. The van der Waals surface area contributed by atoms with Gasteiger partial charge in [0.25, 0.3) is 5.91 Å². The maximum Gasteiger partial charge on any atom is 0.251 e. The molecule has 0 spiro atoms. The van der Waals surface area contributed by atoms with Crippen LogP contribution in [0.15, 0.2) is 24.3 Å². The lowest BCUT2D eigenvalue weighted by molar-refractivity contribution is -0.136. The normalized spacial score (nSPS) is 25.3. The summed E-state index contributed by atoms with van der Waals surface area (Å²) in [6.45, 7) is 2.00. The van der Waals surface area contributed by atoms with Crippen molar-refractivity contribution in [3.63, 3.8) is 0 Å². The van der Waals surface area contributed by atoms with Crippen LogP contribution in [-0.2, 0) is 14.3 Å². The van der Waals surface area contributed by atoms with Gasteiger partial charge in [0.05, 0.1) is 12.3 Å². The van der Waals surface area contributed by atoms with Crippen LogP contribution in [-0.4, -0.2) is 50.2 Å². The molecule has 2 atom stereocenters. The predicted octanol–water partition coefficient (Wildman–Crippen LogP) is 0.0356. The van der Waals surface area contributed by atoms with Gasteiger partial charge in [-0.2, -0.15) is 0 Å². The van der Waals surface area contributed by atoms with Gasteiger partial charge >= 0.3 is 0 Å². The van der Waals surface area contributed by atoms with Crippen molar-refractivity contribution in [1.29, 1.82) is 0 Å². The maximum atomic E-state index is 13.8. The van der Waals surface area contributed by atoms with E-state index in [1.165, 1.54) is 11.0 Å². The Kier molecular flexibility index (Phi) is 4.35. The Hall–Kier alpha value is -1.99. The van der Waals surface area contributed by atoms with Crippen molar-refractivity contribution < 1.29 is 18.7 Å². The standard InChI is InChI=1S/C15H18FN3O3/c16-10-3-1-2-4-12(10)19-7-5-11(15(19)21)18-14(20)13-9-17-6-8-22-13/h1-4,11,13,17H,5-9H2,(H,18,20)/t11-,13-/m0/s1. The molecule has 0 unspecified atom stereocenters. The Morgan fingerprint density at radius 3 is 2.95 bits per heavy atom. The lowest BCUT2D eigenvalue weighted by atomic mass is 10.2. The molecule has 0 radical (unpaired) electrons. The van der Waals surface area contributed by atoms with Crippen molar-refractivity contribution in [2.24, 2.45) is 0 Å². The number of amides is 2. The van der Waals surface area contributed by atoms with Crippen molar-refractivity contribution in [3.05, 3.63) is 30.1 Å². The molecule has 2 amide bonds. The van der Waals surface area contributed by atoms with E-state index in [-0.39, 0.29) is 17.5 Å². The third-order valence-electron chi connectivity index (χ3n) is 3.89. The van der Waals surface area contributed by atoms with E-state index in [0.29, 0.717) is 32.7 Å². The molecule has 118 valence electrons. The molecule has 22 heavy (non-hydrogen) atoms. The Morgan fingerprint density at radius 1 is 1.41 bits per heavy atom. The third kappa shape index (κ3) is 2.95. The molecule has 2 aliphatic heterocycles. The van der Waals surface area contributed by atoms with Crippen LogP contribution in [0.5, 0.6) is 0 Å². The maximum absolute atomic E-state index is 13.8. The fourth-order valence-corrected chi connectivity index (χ4v) is 2.72. The largest absolute Gasteiger partial charge is 0.366 e. The third-order valence-corrected chi connectivity index (χ3v) is 3.89. The minimum atomic E-state index is -0.627. The highest BCUT2D eigenvalue weighted by atomic mass is 19.1. The van der Waals surface area contributed by atoms with Crippen molar-refractivity contribution >= 4 is 17.5 Å². The van der Waals surface area contributed by atoms with E-state index in [9.17, 15) is 14.0 Å². The molecule has 3 rings (SSSR count). The van der Waals surface area contributed by atoms with Crippen molar-refractivity contribution in [2.45, 2.75) is 18.6 Å². The molecule has 2 saturated heterocycles. The van der Waals surface area contributed by atoms with E-state index in [2.05, 4.69) is 10.6 Å². The highest BCUT2D eigenvalue weighted by Gasteiger charge is 2.36. The van der Waals surface area contributed by atoms with Gasteiger partial charge in [0.1, 0.15) is 18.0 Å². The molecule has 1 aromatic carbocycles. The van der Waals surface area contributed by atoms with Gasteiger partial charge in [0.15, 0.2) is 0 Å². The molecule has 2 heterocycles. The number of carbonyl (C=O) groups is 2. The number of ether oxygens (including phenoxy) is 1. The van der Waals surface area contributed by atoms with Crippen molar-refractivity contribution in [3.8, 4) is 0 Å². The number of halogens is 1. The van der Waals surface area contributed by atoms with E-state index in [0.717, 1.165) is 0 Å². The van der Waals surface area contributed by atoms with Crippen LogP contribution < -0.4 is 15.5 Å². The van der Waals surface area contributed by atoms with Gasteiger partial charge in [-0.05, 0) is 18.6 Å². The molecule has 2 aliphatic rings. The molecular weight excluding hydrogens is 289 g/mol. The minimum absolute atomic E-state index is 0.250. The Morgan fingerprint density at radius 2 is 2.23 bits per heavy atom. The second-order valence-corrected chi connectivity index (χ2v) is 5.35. The van der Waals surface area contributed by atoms with Crippen molar-refractivity contribution in [1.82, 2.24) is 10.6 Å². The summed E-state index contributed by atoms with van der Waals surface area (Å²) in [5.74, 6) is -1.04. The summed E-state index contributed by atoms with van der Waals surface area (Å²) < 4.78 is 19.1. The number of para-hydroxylation sites is 1. The first-order valence-corrected chi connectivity index (χ1v) is 7.35. The van der Waals surface area contributed by atoms with Crippen molar-refractivity contribution in [2.75, 3.05) is 31.1 Å². The monoisotopic (exact) mass is 307 g/mol. The average molecular weight is 307 g/mol. The van der Waals surface area contributed by atoms with Crippen LogP contribution in [0, 0.1) is 5.82 Å². The van der Waals surface area contributed by atoms with Crippen LogP contribution in [0.4, 0.5) is 10.1 Å². The van der Waals surface area contributed by atoms with E-state index in [4.69, 9.17) is 4.74 Å². The van der Waals surface area contributed by atoms with Gasteiger partial charge in [0.2, 0.25) is 5.91 Å². The summed E-state index contributed by atoms with van der Waals surface area (Å²) in [6.07, 6.45) is -0.122. The number of morpholine rings is 1. The molecule has 2 fully saturated rings. The van der Waals surface area contributed by atoms with E-state index >= 15 is 0 Å². The number of benzene rings is 1. The zero-order valence-corrected chi connectivity index (χ0v) is 12.0. The molecule has 0 bridgehead atoms. The number of nitrogens with zero attached hydrogens (tertiary/aromatic N) is 1. The number of anilines is 1. The zero-order valence-electron chi connectivity index (χ0n) is 12.0. The summed E-state index contributed by atoms with van der Waals surface area (Å²) in [6, 6.07) is 5.50. The minimum Gasteiger partial charge on any atom is -0.366 e. The van der Waals surface area contributed by atoms with E-state index < -0.39 is 18.0 Å². The molecule has 0 aliphatic carbocycles. The molecular formula is C15H18FN3O3. The number of nitrogens with one attached hydrogen (secondary N) is 2. The molecule has 6 nitrogen and oxygen atoms in total. The van der Waals surface area contributed by atoms with Gasteiger partial charge < -0.3 is 20.3 Å². The van der Waals surface area contributed by atoms with Crippen LogP contribution in [0.1, 0.15) is 6.42 Å². The number of carbonyl (C=O) groups excluding carboxylic acids is 2. The summed E-state index contributed by atoms with van der Waals surface area (Å²) in [5.41, 5.74) is 0.250. The zero-order chi connectivity index (χ0) is 15.5. The van der Waals surface area contributed by atoms with E-state index in [1.807, 2.05) is 0 Å². The summed E-state index contributed by atoms with van der Waals surface area (Å²) in [4.78, 5) is 25.8. The van der Waals surface area contributed by atoms with Crippen LogP contribution >= 0.6 is 0 Å². The van der Waals surface area contributed by atoms with Gasteiger partial charge in [-0.25, -0.2) is 4.39 Å².